The van der Waals surface area contributed by atoms with E-state index in [0.29, 0.717) is 12.3 Å². The number of rotatable bonds is 6. The monoisotopic (exact) mass is 433 g/mol. The first-order chi connectivity index (χ1) is 13.0. The average Bonchev–Trinajstić information content (AvgIpc) is 3.16. The van der Waals surface area contributed by atoms with Crippen molar-refractivity contribution < 1.29 is 19.0 Å². The van der Waals surface area contributed by atoms with Crippen LogP contribution in [0.1, 0.15) is 30.0 Å². The molecule has 1 unspecified atom stereocenters. The molecule has 0 aliphatic carbocycles. The predicted octanol–water partition coefficient (Wildman–Crippen LogP) is 4.52. The molecule has 1 fully saturated rings. The molecule has 0 N–H and O–H groups in total. The molecule has 3 rings (SSSR count). The van der Waals surface area contributed by atoms with Crippen LogP contribution in [0, 0.1) is 6.92 Å². The number of carbonyl (C=O) groups is 1. The number of hydrogen-bond donors (Lipinski definition) is 0. The van der Waals surface area contributed by atoms with E-state index in [1.165, 1.54) is 0 Å². The minimum Gasteiger partial charge on any atom is -0.497 e. The molecule has 2 aromatic rings. The Morgan fingerprint density at radius 1 is 1.15 bits per heavy atom. The Kier molecular flexibility index (Phi) is 6.26. The molecular formula is C21H24BrNO4. The molecule has 144 valence electrons. The van der Waals surface area contributed by atoms with Gasteiger partial charge in [-0.15, -0.1) is 0 Å². The molecule has 1 amide bonds. The highest BCUT2D eigenvalue weighted by Crippen LogP contribution is 2.39. The van der Waals surface area contributed by atoms with Crippen molar-refractivity contribution in [1.82, 2.24) is 4.90 Å². The Morgan fingerprint density at radius 3 is 2.63 bits per heavy atom. The fourth-order valence-corrected chi connectivity index (χ4v) is 4.04. The zero-order valence-electron chi connectivity index (χ0n) is 15.8. The minimum atomic E-state index is -0.0346. The topological polar surface area (TPSA) is 48.0 Å². The van der Waals surface area contributed by atoms with E-state index < -0.39 is 0 Å². The third kappa shape index (κ3) is 4.38. The summed E-state index contributed by atoms with van der Waals surface area (Å²) in [6.07, 6.45) is 1.84. The van der Waals surface area contributed by atoms with Gasteiger partial charge in [-0.05, 0) is 71.6 Å². The number of carbonyl (C=O) groups excluding carboxylic acids is 1. The summed E-state index contributed by atoms with van der Waals surface area (Å²) in [6.45, 7) is 2.72. The van der Waals surface area contributed by atoms with Gasteiger partial charge in [0.2, 0.25) is 0 Å². The van der Waals surface area contributed by atoms with Crippen molar-refractivity contribution in [1.29, 1.82) is 0 Å². The maximum Gasteiger partial charge on any atom is 0.261 e. The van der Waals surface area contributed by atoms with Gasteiger partial charge in [0, 0.05) is 12.1 Å². The summed E-state index contributed by atoms with van der Waals surface area (Å²) in [6, 6.07) is 11.5. The van der Waals surface area contributed by atoms with Crippen LogP contribution in [-0.2, 0) is 4.79 Å². The molecule has 0 bridgehead atoms. The van der Waals surface area contributed by atoms with Crippen LogP contribution in [0.15, 0.2) is 40.9 Å². The standard InChI is InChI=1S/C21H24BrNO4/c1-14-6-8-20(17(22)11-14)27-13-21(24)23-10-4-5-18(23)16-12-15(25-2)7-9-19(16)26-3/h6-9,11-12,18H,4-5,10,13H2,1-3H3. The maximum atomic E-state index is 12.8. The highest BCUT2D eigenvalue weighted by atomic mass is 79.9. The Bertz CT molecular complexity index is 824. The second-order valence-electron chi connectivity index (χ2n) is 6.58. The third-order valence-corrected chi connectivity index (χ3v) is 5.43. The Labute approximate surface area is 168 Å². The number of hydrogen-bond acceptors (Lipinski definition) is 4. The van der Waals surface area contributed by atoms with Crippen LogP contribution in [0.3, 0.4) is 0 Å². The molecule has 1 heterocycles. The summed E-state index contributed by atoms with van der Waals surface area (Å²) < 4.78 is 17.5. The summed E-state index contributed by atoms with van der Waals surface area (Å²) in [7, 11) is 3.28. The Morgan fingerprint density at radius 2 is 1.93 bits per heavy atom. The maximum absolute atomic E-state index is 12.8. The molecule has 1 saturated heterocycles. The van der Waals surface area contributed by atoms with Crippen molar-refractivity contribution in [2.24, 2.45) is 0 Å². The second-order valence-corrected chi connectivity index (χ2v) is 7.43. The van der Waals surface area contributed by atoms with Gasteiger partial charge in [0.25, 0.3) is 5.91 Å². The number of amides is 1. The largest absolute Gasteiger partial charge is 0.497 e. The zero-order valence-corrected chi connectivity index (χ0v) is 17.4. The summed E-state index contributed by atoms with van der Waals surface area (Å²) >= 11 is 3.48. The van der Waals surface area contributed by atoms with Crippen molar-refractivity contribution in [2.75, 3.05) is 27.4 Å². The van der Waals surface area contributed by atoms with Gasteiger partial charge in [0.05, 0.1) is 24.7 Å². The lowest BCUT2D eigenvalue weighted by atomic mass is 10.0. The number of benzene rings is 2. The fraction of sp³-hybridized carbons (Fsp3) is 0.381. The number of likely N-dealkylation sites (tertiary alicyclic amines) is 1. The summed E-state index contributed by atoms with van der Waals surface area (Å²) in [4.78, 5) is 14.7. The first-order valence-corrected chi connectivity index (χ1v) is 9.73. The Hall–Kier alpha value is -2.21. The molecule has 1 aliphatic rings. The molecule has 0 aromatic heterocycles. The van der Waals surface area contributed by atoms with E-state index in [1.807, 2.05) is 48.2 Å². The van der Waals surface area contributed by atoms with E-state index in [2.05, 4.69) is 15.9 Å². The quantitative estimate of drug-likeness (QED) is 0.671. The molecule has 5 nitrogen and oxygen atoms in total. The lowest BCUT2D eigenvalue weighted by Gasteiger charge is -2.26. The van der Waals surface area contributed by atoms with Gasteiger partial charge < -0.3 is 19.1 Å². The second kappa shape index (κ2) is 8.65. The highest BCUT2D eigenvalue weighted by molar-refractivity contribution is 9.10. The van der Waals surface area contributed by atoms with Gasteiger partial charge in [0.1, 0.15) is 17.2 Å². The smallest absolute Gasteiger partial charge is 0.261 e. The molecular weight excluding hydrogens is 410 g/mol. The van der Waals surface area contributed by atoms with Crippen molar-refractivity contribution in [3.8, 4) is 17.2 Å². The zero-order chi connectivity index (χ0) is 19.4. The first-order valence-electron chi connectivity index (χ1n) is 8.94. The van der Waals surface area contributed by atoms with Crippen molar-refractivity contribution in [3.63, 3.8) is 0 Å². The fourth-order valence-electron chi connectivity index (χ4n) is 3.43. The molecule has 6 heteroatoms. The normalized spacial score (nSPS) is 16.3. The summed E-state index contributed by atoms with van der Waals surface area (Å²) in [5, 5.41) is 0. The van der Waals surface area contributed by atoms with E-state index in [1.54, 1.807) is 14.2 Å². The van der Waals surface area contributed by atoms with Gasteiger partial charge in [-0.25, -0.2) is 0 Å². The SMILES string of the molecule is COc1ccc(OC)c(C2CCCN2C(=O)COc2ccc(C)cc2Br)c1. The Balaban J connectivity index is 1.75. The summed E-state index contributed by atoms with van der Waals surface area (Å²) in [5.41, 5.74) is 2.10. The first kappa shape index (κ1) is 19.5. The average molecular weight is 434 g/mol. The summed E-state index contributed by atoms with van der Waals surface area (Å²) in [5.74, 6) is 2.16. The van der Waals surface area contributed by atoms with Crippen LogP contribution in [-0.4, -0.2) is 38.2 Å². The molecule has 1 aliphatic heterocycles. The van der Waals surface area contributed by atoms with Crippen LogP contribution in [0.4, 0.5) is 0 Å². The molecule has 0 saturated carbocycles. The van der Waals surface area contributed by atoms with Gasteiger partial charge in [-0.1, -0.05) is 6.07 Å². The number of aryl methyl sites for hydroxylation is 1. The van der Waals surface area contributed by atoms with Crippen LogP contribution in [0.25, 0.3) is 0 Å². The molecule has 1 atom stereocenters. The number of ether oxygens (including phenoxy) is 3. The van der Waals surface area contributed by atoms with E-state index in [4.69, 9.17) is 14.2 Å². The van der Waals surface area contributed by atoms with E-state index in [0.717, 1.165) is 39.9 Å². The highest BCUT2D eigenvalue weighted by Gasteiger charge is 2.32. The lowest BCUT2D eigenvalue weighted by molar-refractivity contribution is -0.134. The van der Waals surface area contributed by atoms with Crippen LogP contribution < -0.4 is 14.2 Å². The number of methoxy groups -OCH3 is 2. The molecule has 0 radical (unpaired) electrons. The number of halogens is 1. The third-order valence-electron chi connectivity index (χ3n) is 4.81. The number of nitrogens with zero attached hydrogens (tertiary/aromatic N) is 1. The van der Waals surface area contributed by atoms with Gasteiger partial charge in [0.15, 0.2) is 6.61 Å². The lowest BCUT2D eigenvalue weighted by Crippen LogP contribution is -2.34. The van der Waals surface area contributed by atoms with Crippen LogP contribution in [0.5, 0.6) is 17.2 Å². The van der Waals surface area contributed by atoms with E-state index in [9.17, 15) is 4.79 Å². The van der Waals surface area contributed by atoms with Crippen molar-refractivity contribution in [2.45, 2.75) is 25.8 Å². The van der Waals surface area contributed by atoms with E-state index in [-0.39, 0.29) is 18.6 Å². The van der Waals surface area contributed by atoms with Gasteiger partial charge in [-0.3, -0.25) is 4.79 Å². The molecule has 0 spiro atoms. The minimum absolute atomic E-state index is 0.00441. The van der Waals surface area contributed by atoms with Crippen molar-refractivity contribution >= 4 is 21.8 Å². The van der Waals surface area contributed by atoms with Gasteiger partial charge >= 0.3 is 0 Å². The molecule has 2 aromatic carbocycles. The predicted molar refractivity (Wildman–Crippen MR) is 108 cm³/mol. The van der Waals surface area contributed by atoms with Crippen LogP contribution >= 0.6 is 15.9 Å². The van der Waals surface area contributed by atoms with Crippen LogP contribution in [0.2, 0.25) is 0 Å². The van der Waals surface area contributed by atoms with Gasteiger partial charge in [-0.2, -0.15) is 0 Å². The van der Waals surface area contributed by atoms with Crippen molar-refractivity contribution in [3.05, 3.63) is 52.0 Å². The van der Waals surface area contributed by atoms with E-state index >= 15 is 0 Å². The molecule has 27 heavy (non-hydrogen) atoms.